The van der Waals surface area contributed by atoms with Crippen LogP contribution in [-0.2, 0) is 0 Å². The standard InChI is InChI=1S/C16H14FN3O/c1-11-5-2-8-13(15(11)17)16(21)20-14-9-3-6-12(19-14)7-4-10-18/h2-3,5-6,8-9H,10,18H2,1H3,(H,19,20,21). The van der Waals surface area contributed by atoms with Crippen molar-refractivity contribution in [3.8, 4) is 11.8 Å². The second-order valence-corrected chi connectivity index (χ2v) is 4.30. The molecule has 0 fully saturated rings. The molecular weight excluding hydrogens is 269 g/mol. The first-order valence-corrected chi connectivity index (χ1v) is 6.34. The van der Waals surface area contributed by atoms with Crippen LogP contribution in [-0.4, -0.2) is 17.4 Å². The van der Waals surface area contributed by atoms with Gasteiger partial charge in [-0.15, -0.1) is 0 Å². The van der Waals surface area contributed by atoms with Gasteiger partial charge in [0, 0.05) is 0 Å². The molecule has 5 heteroatoms. The number of halogens is 1. The van der Waals surface area contributed by atoms with Crippen molar-refractivity contribution in [2.24, 2.45) is 5.73 Å². The SMILES string of the molecule is Cc1cccc(C(=O)Nc2cccc(C#CCN)n2)c1F. The summed E-state index contributed by atoms with van der Waals surface area (Å²) < 4.78 is 13.9. The summed E-state index contributed by atoms with van der Waals surface area (Å²) in [5.41, 5.74) is 6.17. The first kappa shape index (κ1) is 14.7. The number of nitrogens with two attached hydrogens (primary N) is 1. The molecule has 0 aliphatic rings. The number of nitrogens with one attached hydrogen (secondary N) is 1. The van der Waals surface area contributed by atoms with Gasteiger partial charge in [0.15, 0.2) is 0 Å². The van der Waals surface area contributed by atoms with E-state index in [2.05, 4.69) is 22.1 Å². The van der Waals surface area contributed by atoms with Gasteiger partial charge < -0.3 is 11.1 Å². The number of aryl methyl sites for hydroxylation is 1. The summed E-state index contributed by atoms with van der Waals surface area (Å²) >= 11 is 0. The summed E-state index contributed by atoms with van der Waals surface area (Å²) in [6, 6.07) is 9.67. The molecule has 1 amide bonds. The van der Waals surface area contributed by atoms with Crippen LogP contribution in [0.5, 0.6) is 0 Å². The lowest BCUT2D eigenvalue weighted by atomic mass is 10.1. The third-order valence-corrected chi connectivity index (χ3v) is 2.75. The van der Waals surface area contributed by atoms with Gasteiger partial charge in [0.05, 0.1) is 12.1 Å². The van der Waals surface area contributed by atoms with E-state index in [4.69, 9.17) is 5.73 Å². The van der Waals surface area contributed by atoms with Gasteiger partial charge in [-0.3, -0.25) is 4.79 Å². The Hall–Kier alpha value is -2.71. The molecule has 21 heavy (non-hydrogen) atoms. The third kappa shape index (κ3) is 3.65. The minimum absolute atomic E-state index is 0.0183. The van der Waals surface area contributed by atoms with E-state index in [9.17, 15) is 9.18 Å². The van der Waals surface area contributed by atoms with Crippen molar-refractivity contribution in [3.05, 3.63) is 59.0 Å². The van der Waals surface area contributed by atoms with Crippen molar-refractivity contribution in [2.45, 2.75) is 6.92 Å². The fraction of sp³-hybridized carbons (Fsp3) is 0.125. The van der Waals surface area contributed by atoms with E-state index in [1.807, 2.05) is 0 Å². The number of carbonyl (C=O) groups is 1. The van der Waals surface area contributed by atoms with Crippen molar-refractivity contribution in [1.29, 1.82) is 0 Å². The summed E-state index contributed by atoms with van der Waals surface area (Å²) in [4.78, 5) is 16.2. The zero-order valence-corrected chi connectivity index (χ0v) is 11.5. The first-order valence-electron chi connectivity index (χ1n) is 6.34. The number of benzene rings is 1. The van der Waals surface area contributed by atoms with Crippen LogP contribution in [0.3, 0.4) is 0 Å². The van der Waals surface area contributed by atoms with Gasteiger partial charge in [-0.2, -0.15) is 0 Å². The predicted molar refractivity (Wildman–Crippen MR) is 79.3 cm³/mol. The Morgan fingerprint density at radius 1 is 1.33 bits per heavy atom. The summed E-state index contributed by atoms with van der Waals surface area (Å²) in [5, 5.41) is 2.55. The Balaban J connectivity index is 2.22. The molecule has 0 atom stereocenters. The van der Waals surface area contributed by atoms with Crippen LogP contribution >= 0.6 is 0 Å². The van der Waals surface area contributed by atoms with Gasteiger partial charge in [-0.1, -0.05) is 24.1 Å². The maximum absolute atomic E-state index is 13.9. The monoisotopic (exact) mass is 283 g/mol. The van der Waals surface area contributed by atoms with E-state index in [0.29, 0.717) is 17.1 Å². The highest BCUT2D eigenvalue weighted by Gasteiger charge is 2.13. The van der Waals surface area contributed by atoms with Crippen LogP contribution < -0.4 is 11.1 Å². The molecule has 2 rings (SSSR count). The molecular formula is C16H14FN3O. The van der Waals surface area contributed by atoms with Crippen molar-refractivity contribution < 1.29 is 9.18 Å². The Morgan fingerprint density at radius 2 is 2.10 bits per heavy atom. The molecule has 0 aliphatic carbocycles. The van der Waals surface area contributed by atoms with Crippen LogP contribution in [0.4, 0.5) is 10.2 Å². The first-order chi connectivity index (χ1) is 10.1. The van der Waals surface area contributed by atoms with E-state index < -0.39 is 11.7 Å². The van der Waals surface area contributed by atoms with Gasteiger partial charge in [0.2, 0.25) is 0 Å². The quantitative estimate of drug-likeness (QED) is 0.829. The molecule has 0 saturated heterocycles. The van der Waals surface area contributed by atoms with Crippen molar-refractivity contribution >= 4 is 11.7 Å². The normalized spacial score (nSPS) is 9.67. The number of carbonyl (C=O) groups excluding carboxylic acids is 1. The largest absolute Gasteiger partial charge is 0.320 e. The molecule has 1 aromatic carbocycles. The lowest BCUT2D eigenvalue weighted by Gasteiger charge is -2.07. The van der Waals surface area contributed by atoms with E-state index in [0.717, 1.165) is 0 Å². The Bertz CT molecular complexity index is 732. The predicted octanol–water partition coefficient (Wildman–Crippen LogP) is 2.09. The number of nitrogens with zero attached hydrogens (tertiary/aromatic N) is 1. The molecule has 0 bridgehead atoms. The topological polar surface area (TPSA) is 68.0 Å². The Labute approximate surface area is 122 Å². The van der Waals surface area contributed by atoms with Crippen LogP contribution in [0.2, 0.25) is 0 Å². The number of aromatic nitrogens is 1. The fourth-order valence-corrected chi connectivity index (χ4v) is 1.72. The number of hydrogen-bond acceptors (Lipinski definition) is 3. The average molecular weight is 283 g/mol. The molecule has 0 unspecified atom stereocenters. The second-order valence-electron chi connectivity index (χ2n) is 4.30. The average Bonchev–Trinajstić information content (AvgIpc) is 2.48. The molecule has 0 radical (unpaired) electrons. The zero-order valence-electron chi connectivity index (χ0n) is 11.5. The number of pyridine rings is 1. The number of hydrogen-bond donors (Lipinski definition) is 2. The van der Waals surface area contributed by atoms with E-state index in [1.54, 1.807) is 37.3 Å². The highest BCUT2D eigenvalue weighted by molar-refractivity contribution is 6.04. The molecule has 1 aromatic heterocycles. The maximum Gasteiger partial charge on any atom is 0.259 e. The molecule has 0 saturated carbocycles. The summed E-state index contributed by atoms with van der Waals surface area (Å²) in [5.74, 6) is 4.67. The van der Waals surface area contributed by atoms with Crippen LogP contribution in [0.25, 0.3) is 0 Å². The van der Waals surface area contributed by atoms with Gasteiger partial charge in [-0.05, 0) is 36.6 Å². The summed E-state index contributed by atoms with van der Waals surface area (Å²) in [6.07, 6.45) is 0. The fourth-order valence-electron chi connectivity index (χ4n) is 1.72. The highest BCUT2D eigenvalue weighted by Crippen LogP contribution is 2.14. The number of anilines is 1. The number of rotatable bonds is 2. The lowest BCUT2D eigenvalue weighted by molar-refractivity contribution is 0.102. The van der Waals surface area contributed by atoms with Crippen LogP contribution in [0.15, 0.2) is 36.4 Å². The van der Waals surface area contributed by atoms with E-state index >= 15 is 0 Å². The van der Waals surface area contributed by atoms with Gasteiger partial charge >= 0.3 is 0 Å². The number of amides is 1. The molecule has 2 aromatic rings. The van der Waals surface area contributed by atoms with Gasteiger partial charge in [0.1, 0.15) is 17.3 Å². The molecule has 3 N–H and O–H groups in total. The Morgan fingerprint density at radius 3 is 2.86 bits per heavy atom. The molecule has 1 heterocycles. The molecule has 106 valence electrons. The summed E-state index contributed by atoms with van der Waals surface area (Å²) in [6.45, 7) is 1.83. The van der Waals surface area contributed by atoms with Crippen molar-refractivity contribution in [3.63, 3.8) is 0 Å². The zero-order chi connectivity index (χ0) is 15.2. The molecule has 0 spiro atoms. The van der Waals surface area contributed by atoms with Gasteiger partial charge in [0.25, 0.3) is 5.91 Å². The second kappa shape index (κ2) is 6.64. The summed E-state index contributed by atoms with van der Waals surface area (Å²) in [7, 11) is 0. The lowest BCUT2D eigenvalue weighted by Crippen LogP contribution is -2.15. The minimum atomic E-state index is -0.548. The van der Waals surface area contributed by atoms with Gasteiger partial charge in [-0.25, -0.2) is 9.37 Å². The Kier molecular flexibility index (Phi) is 4.64. The van der Waals surface area contributed by atoms with Crippen molar-refractivity contribution in [2.75, 3.05) is 11.9 Å². The maximum atomic E-state index is 13.9. The van der Waals surface area contributed by atoms with E-state index in [-0.39, 0.29) is 12.1 Å². The van der Waals surface area contributed by atoms with E-state index in [1.165, 1.54) is 6.07 Å². The smallest absolute Gasteiger partial charge is 0.259 e. The van der Waals surface area contributed by atoms with Crippen LogP contribution in [0.1, 0.15) is 21.6 Å². The van der Waals surface area contributed by atoms with Crippen LogP contribution in [0, 0.1) is 24.6 Å². The minimum Gasteiger partial charge on any atom is -0.320 e. The molecule has 0 aliphatic heterocycles. The third-order valence-electron chi connectivity index (χ3n) is 2.75. The highest BCUT2D eigenvalue weighted by atomic mass is 19.1. The van der Waals surface area contributed by atoms with Crippen molar-refractivity contribution in [1.82, 2.24) is 4.98 Å². The molecule has 4 nitrogen and oxygen atoms in total.